The molecule has 128 valence electrons. The minimum absolute atomic E-state index is 0.0493. The van der Waals surface area contributed by atoms with E-state index in [1.807, 2.05) is 56.3 Å². The second-order valence-corrected chi connectivity index (χ2v) is 6.00. The Morgan fingerprint density at radius 3 is 2.42 bits per heavy atom. The summed E-state index contributed by atoms with van der Waals surface area (Å²) >= 11 is 0. The van der Waals surface area contributed by atoms with Crippen LogP contribution in [-0.4, -0.2) is 31.1 Å². The lowest BCUT2D eigenvalue weighted by Crippen LogP contribution is -2.37. The summed E-state index contributed by atoms with van der Waals surface area (Å²) in [7, 11) is 3.42. The second kappa shape index (κ2) is 7.86. The maximum atomic E-state index is 12.5. The van der Waals surface area contributed by atoms with Crippen molar-refractivity contribution in [2.24, 2.45) is 0 Å². The topological polar surface area (TPSA) is 38.8 Å². The Bertz CT molecular complexity index is 695. The van der Waals surface area contributed by atoms with Gasteiger partial charge < -0.3 is 14.4 Å². The van der Waals surface area contributed by atoms with Gasteiger partial charge in [-0.25, -0.2) is 0 Å². The molecule has 0 spiro atoms. The molecule has 4 nitrogen and oxygen atoms in total. The Morgan fingerprint density at radius 2 is 1.79 bits per heavy atom. The SMILES string of the molecule is COc1ccc(CN(C)C(=O)[C@@H](C)Oc2cccc(C)c2C)cc1. The summed E-state index contributed by atoms with van der Waals surface area (Å²) in [4.78, 5) is 14.2. The number of ether oxygens (including phenoxy) is 2. The van der Waals surface area contributed by atoms with E-state index in [0.717, 1.165) is 28.2 Å². The highest BCUT2D eigenvalue weighted by atomic mass is 16.5. The molecule has 0 aliphatic heterocycles. The third-order valence-corrected chi connectivity index (χ3v) is 4.16. The van der Waals surface area contributed by atoms with Crippen LogP contribution >= 0.6 is 0 Å². The van der Waals surface area contributed by atoms with Crippen molar-refractivity contribution in [3.8, 4) is 11.5 Å². The van der Waals surface area contributed by atoms with E-state index in [2.05, 4.69) is 0 Å². The van der Waals surface area contributed by atoms with Crippen LogP contribution in [-0.2, 0) is 11.3 Å². The molecule has 0 N–H and O–H groups in total. The summed E-state index contributed by atoms with van der Waals surface area (Å²) in [5, 5.41) is 0. The molecule has 4 heteroatoms. The van der Waals surface area contributed by atoms with Crippen LogP contribution in [0.4, 0.5) is 0 Å². The van der Waals surface area contributed by atoms with Crippen LogP contribution in [0.15, 0.2) is 42.5 Å². The van der Waals surface area contributed by atoms with E-state index in [0.29, 0.717) is 6.54 Å². The van der Waals surface area contributed by atoms with Gasteiger partial charge in [0.1, 0.15) is 11.5 Å². The van der Waals surface area contributed by atoms with Gasteiger partial charge in [-0.05, 0) is 55.7 Å². The standard InChI is InChI=1S/C20H25NO3/c1-14-7-6-8-19(15(14)2)24-16(3)20(22)21(4)13-17-9-11-18(23-5)12-10-17/h6-12,16H,13H2,1-5H3/t16-/m1/s1. The fourth-order valence-corrected chi connectivity index (χ4v) is 2.49. The van der Waals surface area contributed by atoms with Crippen LogP contribution in [0.3, 0.4) is 0 Å². The van der Waals surface area contributed by atoms with Crippen molar-refractivity contribution in [1.82, 2.24) is 4.90 Å². The average molecular weight is 327 g/mol. The van der Waals surface area contributed by atoms with E-state index in [1.165, 1.54) is 0 Å². The minimum Gasteiger partial charge on any atom is -0.497 e. The zero-order valence-electron chi connectivity index (χ0n) is 15.0. The fraction of sp³-hybridized carbons (Fsp3) is 0.350. The Morgan fingerprint density at radius 1 is 1.12 bits per heavy atom. The number of aryl methyl sites for hydroxylation is 1. The molecule has 2 aromatic rings. The molecule has 0 heterocycles. The molecule has 0 saturated heterocycles. The quantitative estimate of drug-likeness (QED) is 0.811. The Balaban J connectivity index is 1.99. The number of amides is 1. The van der Waals surface area contributed by atoms with Crippen LogP contribution in [0.2, 0.25) is 0 Å². The number of hydrogen-bond donors (Lipinski definition) is 0. The maximum Gasteiger partial charge on any atom is 0.263 e. The maximum absolute atomic E-state index is 12.5. The van der Waals surface area contributed by atoms with Gasteiger partial charge >= 0.3 is 0 Å². The molecule has 0 unspecified atom stereocenters. The molecule has 0 aromatic heterocycles. The Kier molecular flexibility index (Phi) is 5.85. The number of likely N-dealkylation sites (N-methyl/N-ethyl adjacent to an activating group) is 1. The smallest absolute Gasteiger partial charge is 0.263 e. The van der Waals surface area contributed by atoms with Crippen molar-refractivity contribution in [1.29, 1.82) is 0 Å². The second-order valence-electron chi connectivity index (χ2n) is 6.00. The summed E-state index contributed by atoms with van der Waals surface area (Å²) in [6.07, 6.45) is -0.534. The van der Waals surface area contributed by atoms with Crippen LogP contribution in [0.5, 0.6) is 11.5 Å². The van der Waals surface area contributed by atoms with Gasteiger partial charge in [0.15, 0.2) is 6.10 Å². The Hall–Kier alpha value is -2.49. The van der Waals surface area contributed by atoms with Crippen molar-refractivity contribution in [2.45, 2.75) is 33.4 Å². The summed E-state index contributed by atoms with van der Waals surface area (Å²) < 4.78 is 11.0. The van der Waals surface area contributed by atoms with Gasteiger partial charge in [-0.2, -0.15) is 0 Å². The highest BCUT2D eigenvalue weighted by Crippen LogP contribution is 2.22. The number of nitrogens with zero attached hydrogens (tertiary/aromatic N) is 1. The molecular formula is C20H25NO3. The first-order valence-electron chi connectivity index (χ1n) is 8.03. The number of carbonyl (C=O) groups is 1. The third kappa shape index (κ3) is 4.28. The molecular weight excluding hydrogens is 302 g/mol. The highest BCUT2D eigenvalue weighted by Gasteiger charge is 2.20. The number of rotatable bonds is 6. The van der Waals surface area contributed by atoms with Crippen LogP contribution in [0.1, 0.15) is 23.6 Å². The third-order valence-electron chi connectivity index (χ3n) is 4.16. The van der Waals surface area contributed by atoms with Crippen LogP contribution < -0.4 is 9.47 Å². The van der Waals surface area contributed by atoms with Gasteiger partial charge in [0.05, 0.1) is 7.11 Å². The first-order chi connectivity index (χ1) is 11.4. The summed E-state index contributed by atoms with van der Waals surface area (Å²) in [6.45, 7) is 6.35. The van der Waals surface area contributed by atoms with Gasteiger partial charge in [-0.1, -0.05) is 24.3 Å². The van der Waals surface area contributed by atoms with Crippen molar-refractivity contribution in [3.63, 3.8) is 0 Å². The molecule has 0 saturated carbocycles. The zero-order valence-corrected chi connectivity index (χ0v) is 15.0. The number of carbonyl (C=O) groups excluding carboxylic acids is 1. The number of hydrogen-bond acceptors (Lipinski definition) is 3. The predicted octanol–water partition coefficient (Wildman–Crippen LogP) is 3.74. The fourth-order valence-electron chi connectivity index (χ4n) is 2.49. The molecule has 2 aromatic carbocycles. The molecule has 1 amide bonds. The molecule has 0 fully saturated rings. The summed E-state index contributed by atoms with van der Waals surface area (Å²) in [5.74, 6) is 1.51. The van der Waals surface area contributed by atoms with Gasteiger partial charge in [0.2, 0.25) is 0 Å². The van der Waals surface area contributed by atoms with E-state index in [4.69, 9.17) is 9.47 Å². The minimum atomic E-state index is -0.534. The summed E-state index contributed by atoms with van der Waals surface area (Å²) in [6, 6.07) is 13.6. The summed E-state index contributed by atoms with van der Waals surface area (Å²) in [5.41, 5.74) is 3.26. The van der Waals surface area contributed by atoms with Gasteiger partial charge in [-0.15, -0.1) is 0 Å². The van der Waals surface area contributed by atoms with E-state index in [1.54, 1.807) is 26.0 Å². The van der Waals surface area contributed by atoms with Crippen molar-refractivity contribution in [2.75, 3.05) is 14.2 Å². The van der Waals surface area contributed by atoms with E-state index >= 15 is 0 Å². The first kappa shape index (κ1) is 17.9. The number of benzene rings is 2. The molecule has 0 aliphatic carbocycles. The predicted molar refractivity (Wildman–Crippen MR) is 95.5 cm³/mol. The normalized spacial score (nSPS) is 11.7. The number of methoxy groups -OCH3 is 1. The van der Waals surface area contributed by atoms with Gasteiger partial charge in [-0.3, -0.25) is 4.79 Å². The largest absolute Gasteiger partial charge is 0.497 e. The zero-order chi connectivity index (χ0) is 17.7. The average Bonchev–Trinajstić information content (AvgIpc) is 2.58. The molecule has 24 heavy (non-hydrogen) atoms. The highest BCUT2D eigenvalue weighted by molar-refractivity contribution is 5.80. The molecule has 1 atom stereocenters. The lowest BCUT2D eigenvalue weighted by Gasteiger charge is -2.23. The lowest BCUT2D eigenvalue weighted by atomic mass is 10.1. The van der Waals surface area contributed by atoms with Crippen LogP contribution in [0, 0.1) is 13.8 Å². The Labute approximate surface area is 144 Å². The lowest BCUT2D eigenvalue weighted by molar-refractivity contribution is -0.137. The van der Waals surface area contributed by atoms with E-state index in [-0.39, 0.29) is 5.91 Å². The monoisotopic (exact) mass is 327 g/mol. The van der Waals surface area contributed by atoms with Gasteiger partial charge in [0, 0.05) is 13.6 Å². The van der Waals surface area contributed by atoms with E-state index in [9.17, 15) is 4.79 Å². The molecule has 0 radical (unpaired) electrons. The molecule has 0 bridgehead atoms. The molecule has 2 rings (SSSR count). The first-order valence-corrected chi connectivity index (χ1v) is 8.03. The van der Waals surface area contributed by atoms with Crippen molar-refractivity contribution < 1.29 is 14.3 Å². The van der Waals surface area contributed by atoms with Crippen molar-refractivity contribution in [3.05, 3.63) is 59.2 Å². The van der Waals surface area contributed by atoms with E-state index < -0.39 is 6.10 Å². The van der Waals surface area contributed by atoms with Crippen molar-refractivity contribution >= 4 is 5.91 Å². The molecule has 0 aliphatic rings. The van der Waals surface area contributed by atoms with Gasteiger partial charge in [0.25, 0.3) is 5.91 Å². The van der Waals surface area contributed by atoms with Crippen LogP contribution in [0.25, 0.3) is 0 Å².